The summed E-state index contributed by atoms with van der Waals surface area (Å²) < 4.78 is 1.71. The van der Waals surface area contributed by atoms with Gasteiger partial charge in [0.2, 0.25) is 5.82 Å². The summed E-state index contributed by atoms with van der Waals surface area (Å²) >= 11 is 5.95. The molecule has 2 aromatic rings. The average Bonchev–Trinajstić information content (AvgIpc) is 3.03. The van der Waals surface area contributed by atoms with E-state index in [1.54, 1.807) is 4.68 Å². The number of halogens is 1. The van der Waals surface area contributed by atoms with Crippen LogP contribution in [0.3, 0.4) is 0 Å². The smallest absolute Gasteiger partial charge is 0.293 e. The number of hydrogen-bond acceptors (Lipinski definition) is 3. The van der Waals surface area contributed by atoms with Gasteiger partial charge in [-0.05, 0) is 55.9 Å². The Bertz CT molecular complexity index is 770. The fraction of sp³-hybridized carbons (Fsp3) is 0.526. The van der Waals surface area contributed by atoms with Gasteiger partial charge in [-0.25, -0.2) is 9.67 Å². The number of benzene rings is 1. The summed E-state index contributed by atoms with van der Waals surface area (Å²) in [7, 11) is 0. The Morgan fingerprint density at radius 3 is 2.60 bits per heavy atom. The highest BCUT2D eigenvalue weighted by Gasteiger charge is 2.34. The largest absolute Gasteiger partial charge is 0.336 e. The van der Waals surface area contributed by atoms with E-state index >= 15 is 0 Å². The predicted octanol–water partition coefficient (Wildman–Crippen LogP) is 3.88. The Hall–Kier alpha value is -1.88. The zero-order chi connectivity index (χ0) is 17.4. The summed E-state index contributed by atoms with van der Waals surface area (Å²) in [5.41, 5.74) is 0.861. The van der Waals surface area contributed by atoms with Crippen molar-refractivity contribution in [3.05, 3.63) is 40.9 Å². The van der Waals surface area contributed by atoms with E-state index in [4.69, 9.17) is 11.6 Å². The monoisotopic (exact) mass is 358 g/mol. The molecule has 132 valence electrons. The minimum absolute atomic E-state index is 0.0418. The zero-order valence-electron chi connectivity index (χ0n) is 14.5. The molecule has 1 amide bonds. The maximum absolute atomic E-state index is 12.9. The number of carbonyl (C=O) groups is 1. The lowest BCUT2D eigenvalue weighted by atomic mass is 9.75. The Labute approximate surface area is 153 Å². The van der Waals surface area contributed by atoms with Crippen molar-refractivity contribution in [1.29, 1.82) is 0 Å². The first kappa shape index (κ1) is 16.6. The van der Waals surface area contributed by atoms with Crippen LogP contribution in [-0.2, 0) is 0 Å². The molecule has 1 aromatic heterocycles. The van der Waals surface area contributed by atoms with Gasteiger partial charge in [-0.3, -0.25) is 4.79 Å². The zero-order valence-corrected chi connectivity index (χ0v) is 15.2. The molecule has 0 N–H and O–H groups in total. The van der Waals surface area contributed by atoms with E-state index in [2.05, 4.69) is 10.1 Å². The van der Waals surface area contributed by atoms with Crippen LogP contribution in [0.1, 0.15) is 48.5 Å². The second-order valence-electron chi connectivity index (χ2n) is 7.22. The Morgan fingerprint density at radius 1 is 1.12 bits per heavy atom. The minimum atomic E-state index is -0.0418. The summed E-state index contributed by atoms with van der Waals surface area (Å²) in [4.78, 5) is 19.3. The molecule has 6 heteroatoms. The molecule has 1 aromatic carbocycles. The van der Waals surface area contributed by atoms with Crippen molar-refractivity contribution in [1.82, 2.24) is 19.7 Å². The van der Waals surface area contributed by atoms with Crippen LogP contribution in [0.15, 0.2) is 24.3 Å². The van der Waals surface area contributed by atoms with Gasteiger partial charge in [0.25, 0.3) is 5.91 Å². The molecule has 2 heterocycles. The van der Waals surface area contributed by atoms with Gasteiger partial charge in [0, 0.05) is 18.1 Å². The van der Waals surface area contributed by atoms with Gasteiger partial charge >= 0.3 is 0 Å². The van der Waals surface area contributed by atoms with Crippen LogP contribution in [0.4, 0.5) is 0 Å². The molecule has 1 saturated carbocycles. The molecule has 5 nitrogen and oxygen atoms in total. The Morgan fingerprint density at radius 2 is 1.84 bits per heavy atom. The van der Waals surface area contributed by atoms with Crippen molar-refractivity contribution < 1.29 is 4.79 Å². The lowest BCUT2D eigenvalue weighted by Gasteiger charge is -2.40. The molecule has 0 radical (unpaired) electrons. The van der Waals surface area contributed by atoms with Crippen LogP contribution in [0.5, 0.6) is 0 Å². The van der Waals surface area contributed by atoms with Gasteiger partial charge in [0.15, 0.2) is 0 Å². The van der Waals surface area contributed by atoms with Gasteiger partial charge in [-0.15, -0.1) is 5.10 Å². The first-order chi connectivity index (χ1) is 12.1. The highest BCUT2D eigenvalue weighted by atomic mass is 35.5. The van der Waals surface area contributed by atoms with Crippen LogP contribution in [0.25, 0.3) is 5.69 Å². The molecule has 0 bridgehead atoms. The number of likely N-dealkylation sites (tertiary alicyclic amines) is 1. The highest BCUT2D eigenvalue weighted by molar-refractivity contribution is 6.30. The van der Waals surface area contributed by atoms with Crippen LogP contribution in [0, 0.1) is 18.8 Å². The van der Waals surface area contributed by atoms with E-state index in [0.717, 1.165) is 31.1 Å². The molecule has 2 fully saturated rings. The standard InChI is InChI=1S/C19H23ClN4O/c1-13-21-18(22-24(13)17-8-6-16(20)7-9-17)19(25)23-11-10-14-4-2-3-5-15(14)12-23/h6-9,14-15H,2-5,10-12H2,1H3/t14-,15+/m0/s1. The van der Waals surface area contributed by atoms with Gasteiger partial charge in [-0.2, -0.15) is 0 Å². The number of carbonyl (C=O) groups excluding carboxylic acids is 1. The number of hydrogen-bond donors (Lipinski definition) is 0. The van der Waals surface area contributed by atoms with E-state index in [0.29, 0.717) is 22.6 Å². The van der Waals surface area contributed by atoms with Crippen molar-refractivity contribution in [3.63, 3.8) is 0 Å². The fourth-order valence-corrected chi connectivity index (χ4v) is 4.36. The number of fused-ring (bicyclic) bond motifs is 1. The van der Waals surface area contributed by atoms with Crippen LogP contribution < -0.4 is 0 Å². The molecule has 1 aliphatic heterocycles. The first-order valence-corrected chi connectivity index (χ1v) is 9.48. The topological polar surface area (TPSA) is 51.0 Å². The third-order valence-corrected chi connectivity index (χ3v) is 5.86. The van der Waals surface area contributed by atoms with Gasteiger partial charge in [-0.1, -0.05) is 30.9 Å². The normalized spacial score (nSPS) is 23.4. The van der Waals surface area contributed by atoms with E-state index in [9.17, 15) is 4.79 Å². The Balaban J connectivity index is 1.53. The van der Waals surface area contributed by atoms with E-state index in [1.165, 1.54) is 25.7 Å². The molecular weight excluding hydrogens is 336 g/mol. The number of aromatic nitrogens is 3. The van der Waals surface area contributed by atoms with E-state index in [-0.39, 0.29) is 5.91 Å². The highest BCUT2D eigenvalue weighted by Crippen LogP contribution is 2.36. The molecule has 2 atom stereocenters. The molecular formula is C19H23ClN4O. The number of aryl methyl sites for hydroxylation is 1. The fourth-order valence-electron chi connectivity index (χ4n) is 4.23. The molecule has 4 rings (SSSR count). The van der Waals surface area contributed by atoms with Crippen LogP contribution in [0.2, 0.25) is 5.02 Å². The van der Waals surface area contributed by atoms with Crippen molar-refractivity contribution in [2.75, 3.05) is 13.1 Å². The number of nitrogens with zero attached hydrogens (tertiary/aromatic N) is 4. The van der Waals surface area contributed by atoms with Crippen molar-refractivity contribution >= 4 is 17.5 Å². The quantitative estimate of drug-likeness (QED) is 0.818. The van der Waals surface area contributed by atoms with Crippen molar-refractivity contribution in [2.45, 2.75) is 39.0 Å². The van der Waals surface area contributed by atoms with E-state index < -0.39 is 0 Å². The molecule has 1 aliphatic carbocycles. The van der Waals surface area contributed by atoms with Gasteiger partial charge in [0.1, 0.15) is 5.82 Å². The molecule has 1 saturated heterocycles. The van der Waals surface area contributed by atoms with Gasteiger partial charge in [0.05, 0.1) is 5.69 Å². The number of amides is 1. The molecule has 2 aliphatic rings. The predicted molar refractivity (Wildman–Crippen MR) is 97.1 cm³/mol. The SMILES string of the molecule is Cc1nc(C(=O)N2CC[C@@H]3CCCC[C@@H]3C2)nn1-c1ccc(Cl)cc1. The second-order valence-corrected chi connectivity index (χ2v) is 7.65. The number of rotatable bonds is 2. The van der Waals surface area contributed by atoms with Gasteiger partial charge < -0.3 is 4.90 Å². The third kappa shape index (κ3) is 3.30. The molecule has 25 heavy (non-hydrogen) atoms. The number of piperidine rings is 1. The van der Waals surface area contributed by atoms with Crippen molar-refractivity contribution in [2.24, 2.45) is 11.8 Å². The summed E-state index contributed by atoms with van der Waals surface area (Å²) in [5.74, 6) is 2.42. The lowest BCUT2D eigenvalue weighted by molar-refractivity contribution is 0.0510. The summed E-state index contributed by atoms with van der Waals surface area (Å²) in [6.07, 6.45) is 6.34. The van der Waals surface area contributed by atoms with Crippen LogP contribution >= 0.6 is 11.6 Å². The molecule has 0 spiro atoms. The van der Waals surface area contributed by atoms with Crippen LogP contribution in [-0.4, -0.2) is 38.7 Å². The maximum Gasteiger partial charge on any atom is 0.293 e. The second kappa shape index (κ2) is 6.79. The summed E-state index contributed by atoms with van der Waals surface area (Å²) in [6, 6.07) is 7.39. The summed E-state index contributed by atoms with van der Waals surface area (Å²) in [6.45, 7) is 3.55. The lowest BCUT2D eigenvalue weighted by Crippen LogP contribution is -2.45. The Kier molecular flexibility index (Phi) is 4.50. The van der Waals surface area contributed by atoms with E-state index in [1.807, 2.05) is 36.1 Å². The first-order valence-electron chi connectivity index (χ1n) is 9.10. The maximum atomic E-state index is 12.9. The van der Waals surface area contributed by atoms with Crippen molar-refractivity contribution in [3.8, 4) is 5.69 Å². The summed E-state index contributed by atoms with van der Waals surface area (Å²) in [5, 5.41) is 5.13. The molecule has 0 unspecified atom stereocenters. The minimum Gasteiger partial charge on any atom is -0.336 e. The average molecular weight is 359 g/mol. The third-order valence-electron chi connectivity index (χ3n) is 5.61.